The molecule has 0 bridgehead atoms. The predicted molar refractivity (Wildman–Crippen MR) is 179 cm³/mol. The molecule has 4 N–H and O–H groups in total. The van der Waals surface area contributed by atoms with Gasteiger partial charge in [0.1, 0.15) is 12.2 Å². The highest BCUT2D eigenvalue weighted by Gasteiger charge is 2.47. The first-order valence-corrected chi connectivity index (χ1v) is 17.7. The first kappa shape index (κ1) is 39.7. The highest BCUT2D eigenvalue weighted by Crippen LogP contribution is 2.35. The summed E-state index contributed by atoms with van der Waals surface area (Å²) in [5.41, 5.74) is 0.776. The molecule has 0 aliphatic carbocycles. The minimum absolute atomic E-state index is 0.0443. The Labute approximate surface area is 281 Å². The summed E-state index contributed by atoms with van der Waals surface area (Å²) in [5.74, 6) is -2.29. The van der Waals surface area contributed by atoms with Crippen LogP contribution in [0.3, 0.4) is 0 Å². The van der Waals surface area contributed by atoms with Crippen molar-refractivity contribution in [2.75, 3.05) is 40.3 Å². The van der Waals surface area contributed by atoms with Gasteiger partial charge in [0.2, 0.25) is 0 Å². The molecular weight excluding hydrogens is 604 g/mol. The van der Waals surface area contributed by atoms with Crippen LogP contribution in [0, 0.1) is 23.7 Å². The van der Waals surface area contributed by atoms with Crippen molar-refractivity contribution < 1.29 is 44.2 Å². The number of carbonyl (C=O) groups is 2. The number of hydrogen-bond donors (Lipinski definition) is 4. The van der Waals surface area contributed by atoms with E-state index in [2.05, 4.69) is 4.90 Å². The minimum Gasteiger partial charge on any atom is -0.462 e. The largest absolute Gasteiger partial charge is 0.462 e. The molecule has 11 heteroatoms. The number of cyclic esters (lactones) is 1. The molecule has 0 amide bonds. The number of aliphatic hydroxyl groups is 4. The number of ether oxygens (including phenoxy) is 3. The van der Waals surface area contributed by atoms with Crippen molar-refractivity contribution in [1.82, 2.24) is 9.80 Å². The van der Waals surface area contributed by atoms with Crippen LogP contribution in [0.2, 0.25) is 0 Å². The van der Waals surface area contributed by atoms with Crippen molar-refractivity contribution in [3.63, 3.8) is 0 Å². The molecule has 1 unspecified atom stereocenters. The first-order chi connectivity index (χ1) is 22.3. The summed E-state index contributed by atoms with van der Waals surface area (Å²) in [6.07, 6.45) is 3.61. The highest BCUT2D eigenvalue weighted by molar-refractivity contribution is 5.91. The fourth-order valence-electron chi connectivity index (χ4n) is 7.39. The van der Waals surface area contributed by atoms with Crippen LogP contribution in [-0.2, 0) is 23.8 Å². The summed E-state index contributed by atoms with van der Waals surface area (Å²) >= 11 is 0. The molecule has 0 radical (unpaired) electrons. The van der Waals surface area contributed by atoms with E-state index in [1.807, 2.05) is 33.8 Å². The van der Waals surface area contributed by atoms with Crippen LogP contribution in [0.4, 0.5) is 0 Å². The van der Waals surface area contributed by atoms with Crippen LogP contribution < -0.4 is 0 Å². The number of rotatable bonds is 8. The van der Waals surface area contributed by atoms with E-state index in [1.165, 1.54) is 6.42 Å². The van der Waals surface area contributed by atoms with Gasteiger partial charge in [-0.15, -0.1) is 0 Å². The number of likely N-dealkylation sites (N-methyl/N-ethyl adjacent to an activating group) is 1. The van der Waals surface area contributed by atoms with Crippen molar-refractivity contribution in [3.8, 4) is 0 Å². The lowest BCUT2D eigenvalue weighted by molar-refractivity contribution is -0.304. The number of esters is 1. The zero-order valence-electron chi connectivity index (χ0n) is 29.7. The van der Waals surface area contributed by atoms with Crippen LogP contribution in [0.25, 0.3) is 0 Å². The maximum absolute atomic E-state index is 13.5. The van der Waals surface area contributed by atoms with Crippen molar-refractivity contribution in [2.24, 2.45) is 23.7 Å². The molecule has 12 atom stereocenters. The maximum atomic E-state index is 13.5. The van der Waals surface area contributed by atoms with Gasteiger partial charge in [0.25, 0.3) is 0 Å². The van der Waals surface area contributed by atoms with Crippen molar-refractivity contribution in [2.45, 2.75) is 129 Å². The third kappa shape index (κ3) is 11.2. The van der Waals surface area contributed by atoms with Crippen molar-refractivity contribution in [1.29, 1.82) is 0 Å². The quantitative estimate of drug-likeness (QED) is 0.284. The second-order valence-electron chi connectivity index (χ2n) is 14.4. The third-order valence-corrected chi connectivity index (χ3v) is 10.4. The Hall–Kier alpha value is -1.70. The Morgan fingerprint density at radius 3 is 2.32 bits per heavy atom. The molecule has 47 heavy (non-hydrogen) atoms. The molecule has 3 rings (SSSR count). The summed E-state index contributed by atoms with van der Waals surface area (Å²) < 4.78 is 18.5. The molecule has 0 aromatic heterocycles. The number of allylic oxidation sites excluding steroid dienone is 3. The van der Waals surface area contributed by atoms with Crippen LogP contribution in [0.15, 0.2) is 23.8 Å². The van der Waals surface area contributed by atoms with Crippen LogP contribution >= 0.6 is 0 Å². The summed E-state index contributed by atoms with van der Waals surface area (Å²) in [4.78, 5) is 30.9. The molecule has 11 nitrogen and oxygen atoms in total. The normalized spacial score (nSPS) is 40.9. The third-order valence-electron chi connectivity index (χ3n) is 10.4. The molecule has 0 aromatic rings. The van der Waals surface area contributed by atoms with E-state index in [9.17, 15) is 30.0 Å². The van der Waals surface area contributed by atoms with Gasteiger partial charge in [-0.1, -0.05) is 44.9 Å². The summed E-state index contributed by atoms with van der Waals surface area (Å²) in [6.45, 7) is 11.7. The monoisotopic (exact) mass is 666 g/mol. The second kappa shape index (κ2) is 18.9. The predicted octanol–water partition coefficient (Wildman–Crippen LogP) is 2.69. The second-order valence-corrected chi connectivity index (χ2v) is 14.4. The van der Waals surface area contributed by atoms with Gasteiger partial charge in [-0.05, 0) is 91.7 Å². The van der Waals surface area contributed by atoms with Gasteiger partial charge < -0.3 is 44.4 Å². The molecule has 2 fully saturated rings. The molecule has 3 aliphatic rings. The van der Waals surface area contributed by atoms with E-state index in [1.54, 1.807) is 38.1 Å². The van der Waals surface area contributed by atoms with Gasteiger partial charge in [0.05, 0.1) is 43.5 Å². The van der Waals surface area contributed by atoms with E-state index >= 15 is 0 Å². The molecule has 0 saturated carbocycles. The zero-order chi connectivity index (χ0) is 34.8. The molecule has 2 saturated heterocycles. The fraction of sp³-hybridized carbons (Fsp3) is 0.833. The number of ketones is 1. The van der Waals surface area contributed by atoms with Gasteiger partial charge in [-0.3, -0.25) is 9.59 Å². The molecule has 0 spiro atoms. The van der Waals surface area contributed by atoms with Crippen LogP contribution in [-0.4, -0.2) is 131 Å². The first-order valence-electron chi connectivity index (χ1n) is 17.7. The van der Waals surface area contributed by atoms with Gasteiger partial charge >= 0.3 is 5.97 Å². The standard InChI is InChI=1S/C36H62N2O9/c1-8-30-27(21-39)18-22(2)12-13-28(40)23(3)19-26(14-17-38-15-10-9-11-16-38)35(24(4)29(41)20-31(42)46-30)47-36-34(44)32(37(6)7)33(43)25(5)45-36/h12-13,18,23-27,29-30,32-36,39,41,43-44H,8-11,14-17,19-21H2,1-7H3/b13-12-,22-18-/t23-,24+,25-,26+,27-,29-,30-,32+,33-,34?,35-,36+/m1/s1. The van der Waals surface area contributed by atoms with Crippen molar-refractivity contribution in [3.05, 3.63) is 23.8 Å². The summed E-state index contributed by atoms with van der Waals surface area (Å²) in [5, 5.41) is 43.9. The van der Waals surface area contributed by atoms with Gasteiger partial charge in [0, 0.05) is 17.8 Å². The Bertz CT molecular complexity index is 1050. The van der Waals surface area contributed by atoms with E-state index < -0.39 is 66.8 Å². The van der Waals surface area contributed by atoms with E-state index in [-0.39, 0.29) is 30.6 Å². The molecule has 3 aliphatic heterocycles. The highest BCUT2D eigenvalue weighted by atomic mass is 16.7. The van der Waals surface area contributed by atoms with Gasteiger partial charge in [-0.2, -0.15) is 0 Å². The minimum atomic E-state index is -1.19. The number of carbonyl (C=O) groups excluding carboxylic acids is 2. The van der Waals surface area contributed by atoms with Crippen LogP contribution in [0.1, 0.15) is 79.6 Å². The lowest BCUT2D eigenvalue weighted by Crippen LogP contribution is -2.63. The summed E-state index contributed by atoms with van der Waals surface area (Å²) in [7, 11) is 3.56. The van der Waals surface area contributed by atoms with Crippen LogP contribution in [0.5, 0.6) is 0 Å². The number of hydrogen-bond acceptors (Lipinski definition) is 11. The maximum Gasteiger partial charge on any atom is 0.308 e. The molecule has 0 aromatic carbocycles. The molecule has 3 heterocycles. The van der Waals surface area contributed by atoms with E-state index in [4.69, 9.17) is 14.2 Å². The lowest BCUT2D eigenvalue weighted by atomic mass is 9.79. The number of nitrogens with zero attached hydrogens (tertiary/aromatic N) is 2. The Morgan fingerprint density at radius 2 is 1.70 bits per heavy atom. The lowest BCUT2D eigenvalue weighted by Gasteiger charge is -2.47. The van der Waals surface area contributed by atoms with Crippen molar-refractivity contribution >= 4 is 11.8 Å². The van der Waals surface area contributed by atoms with E-state index in [0.717, 1.165) is 38.0 Å². The number of aliphatic hydroxyl groups excluding tert-OH is 4. The van der Waals surface area contributed by atoms with Gasteiger partial charge in [-0.25, -0.2) is 0 Å². The average Bonchev–Trinajstić information content (AvgIpc) is 3.04. The zero-order valence-corrected chi connectivity index (χ0v) is 29.7. The Balaban J connectivity index is 2.02. The number of likely N-dealkylation sites (tertiary alicyclic amines) is 1. The topological polar surface area (TPSA) is 149 Å². The Morgan fingerprint density at radius 1 is 1.02 bits per heavy atom. The fourth-order valence-corrected chi connectivity index (χ4v) is 7.39. The SMILES string of the molecule is CC[C@H]1OC(=O)C[C@@H](O)[C@H](C)[C@@H](O[C@@H]2O[C@H](C)[C@@H](O)[C@H](N(C)C)C2O)[C@@H](CCN2CCCCC2)C[C@@H](C)C(=O)/C=C\C(C)=C/[C@@H]1CO. The molecule has 270 valence electrons. The van der Waals surface area contributed by atoms with Gasteiger partial charge in [0.15, 0.2) is 12.1 Å². The average molecular weight is 667 g/mol. The smallest absolute Gasteiger partial charge is 0.308 e. The van der Waals surface area contributed by atoms with E-state index in [0.29, 0.717) is 19.3 Å². The summed E-state index contributed by atoms with van der Waals surface area (Å²) in [6, 6.07) is -0.649. The molecular formula is C36H62N2O9. The Kier molecular flexibility index (Phi) is 16.0. The number of piperidine rings is 1.